The van der Waals surface area contributed by atoms with Gasteiger partial charge in [-0.1, -0.05) is 23.7 Å². The molecule has 0 fully saturated rings. The van der Waals surface area contributed by atoms with Crippen LogP contribution in [0.2, 0.25) is 5.02 Å². The van der Waals surface area contributed by atoms with Gasteiger partial charge < -0.3 is 4.90 Å². The molecule has 0 saturated carbocycles. The van der Waals surface area contributed by atoms with E-state index in [-0.39, 0.29) is 9.92 Å². The molecule has 1 aliphatic heterocycles. The molecule has 1 aliphatic rings. The summed E-state index contributed by atoms with van der Waals surface area (Å²) < 4.78 is 27.4. The Balaban J connectivity index is 2.12. The minimum atomic E-state index is -3.79. The van der Waals surface area contributed by atoms with Gasteiger partial charge in [0.1, 0.15) is 4.90 Å². The maximum atomic E-state index is 13.0. The molecule has 0 unspecified atom stereocenters. The Morgan fingerprint density at radius 3 is 2.48 bits per heavy atom. The minimum Gasteiger partial charge on any atom is -0.371 e. The second-order valence-electron chi connectivity index (χ2n) is 5.24. The van der Waals surface area contributed by atoms with Crippen molar-refractivity contribution in [1.29, 1.82) is 5.26 Å². The first-order valence-corrected chi connectivity index (χ1v) is 8.79. The Labute approximate surface area is 140 Å². The fraction of sp³-hybridized carbons (Fsp3) is 0.188. The third-order valence-electron chi connectivity index (χ3n) is 3.83. The van der Waals surface area contributed by atoms with Crippen LogP contribution >= 0.6 is 11.6 Å². The van der Waals surface area contributed by atoms with Crippen molar-refractivity contribution < 1.29 is 8.42 Å². The first-order chi connectivity index (χ1) is 10.9. The van der Waals surface area contributed by atoms with Gasteiger partial charge in [-0.05, 0) is 30.3 Å². The third-order valence-corrected chi connectivity index (χ3v) is 6.13. The quantitative estimate of drug-likeness (QED) is 0.838. The van der Waals surface area contributed by atoms with E-state index in [0.717, 1.165) is 5.69 Å². The highest BCUT2D eigenvalue weighted by molar-refractivity contribution is 7.93. The number of benzene rings is 2. The summed E-state index contributed by atoms with van der Waals surface area (Å²) in [6.45, 7) is 0.927. The van der Waals surface area contributed by atoms with Gasteiger partial charge >= 0.3 is 0 Å². The van der Waals surface area contributed by atoms with Gasteiger partial charge in [0.25, 0.3) is 10.0 Å². The molecule has 23 heavy (non-hydrogen) atoms. The average molecular weight is 348 g/mol. The van der Waals surface area contributed by atoms with E-state index in [1.165, 1.54) is 22.5 Å². The number of para-hydroxylation sites is 2. The van der Waals surface area contributed by atoms with E-state index in [1.807, 2.05) is 30.1 Å². The van der Waals surface area contributed by atoms with E-state index in [9.17, 15) is 8.42 Å². The summed E-state index contributed by atoms with van der Waals surface area (Å²) in [6, 6.07) is 13.5. The van der Waals surface area contributed by atoms with E-state index < -0.39 is 10.0 Å². The van der Waals surface area contributed by atoms with E-state index >= 15 is 0 Å². The van der Waals surface area contributed by atoms with Crippen molar-refractivity contribution in [2.45, 2.75) is 4.90 Å². The molecule has 1 heterocycles. The molecule has 0 bridgehead atoms. The fourth-order valence-corrected chi connectivity index (χ4v) is 4.62. The minimum absolute atomic E-state index is 0.0116. The van der Waals surface area contributed by atoms with Crippen molar-refractivity contribution in [3.63, 3.8) is 0 Å². The van der Waals surface area contributed by atoms with Crippen LogP contribution in [-0.2, 0) is 10.0 Å². The number of anilines is 2. The van der Waals surface area contributed by atoms with Crippen molar-refractivity contribution in [3.8, 4) is 6.07 Å². The largest absolute Gasteiger partial charge is 0.371 e. The summed E-state index contributed by atoms with van der Waals surface area (Å²) in [5.74, 6) is 0. The maximum absolute atomic E-state index is 13.0. The first kappa shape index (κ1) is 15.7. The number of rotatable bonds is 2. The highest BCUT2D eigenvalue weighted by Gasteiger charge is 2.32. The van der Waals surface area contributed by atoms with E-state index in [1.54, 1.807) is 12.1 Å². The first-order valence-electron chi connectivity index (χ1n) is 6.97. The second kappa shape index (κ2) is 5.76. The van der Waals surface area contributed by atoms with Gasteiger partial charge in [-0.2, -0.15) is 5.26 Å². The van der Waals surface area contributed by atoms with Crippen molar-refractivity contribution in [2.24, 2.45) is 0 Å². The summed E-state index contributed by atoms with van der Waals surface area (Å²) in [6.07, 6.45) is 0. The molecule has 0 saturated heterocycles. The van der Waals surface area contributed by atoms with Gasteiger partial charge in [0.15, 0.2) is 0 Å². The van der Waals surface area contributed by atoms with Crippen molar-refractivity contribution in [2.75, 3.05) is 29.3 Å². The van der Waals surface area contributed by atoms with Gasteiger partial charge in [0.2, 0.25) is 0 Å². The van der Waals surface area contributed by atoms with E-state index in [2.05, 4.69) is 0 Å². The number of sulfonamides is 1. The number of hydrogen-bond acceptors (Lipinski definition) is 4. The molecule has 0 amide bonds. The lowest BCUT2D eigenvalue weighted by Crippen LogP contribution is -2.42. The van der Waals surface area contributed by atoms with Crippen LogP contribution in [0.15, 0.2) is 47.4 Å². The van der Waals surface area contributed by atoms with Crippen molar-refractivity contribution in [3.05, 3.63) is 53.1 Å². The predicted octanol–water partition coefficient (Wildman–Crippen LogP) is 2.86. The summed E-state index contributed by atoms with van der Waals surface area (Å²) in [7, 11) is -1.86. The predicted molar refractivity (Wildman–Crippen MR) is 90.4 cm³/mol. The summed E-state index contributed by atoms with van der Waals surface area (Å²) in [4.78, 5) is 2.03. The van der Waals surface area contributed by atoms with Gasteiger partial charge in [0.05, 0.1) is 34.6 Å². The summed E-state index contributed by atoms with van der Waals surface area (Å²) in [5, 5.41) is 8.95. The zero-order chi connectivity index (χ0) is 16.6. The average Bonchev–Trinajstić information content (AvgIpc) is 2.54. The highest BCUT2D eigenvalue weighted by Crippen LogP contribution is 2.37. The molecule has 3 rings (SSSR count). The molecule has 0 N–H and O–H groups in total. The second-order valence-corrected chi connectivity index (χ2v) is 7.48. The lowest BCUT2D eigenvalue weighted by molar-refractivity contribution is 0.589. The molecule has 2 aromatic carbocycles. The SMILES string of the molecule is CN1CCN(S(=O)(=O)c2ccc(C#N)cc2Cl)c2ccccc21. The molecular weight excluding hydrogens is 334 g/mol. The maximum Gasteiger partial charge on any atom is 0.265 e. The molecule has 0 spiro atoms. The molecule has 2 aromatic rings. The zero-order valence-corrected chi connectivity index (χ0v) is 14.0. The highest BCUT2D eigenvalue weighted by atomic mass is 35.5. The normalized spacial score (nSPS) is 14.3. The summed E-state index contributed by atoms with van der Waals surface area (Å²) in [5.41, 5.74) is 1.81. The van der Waals surface area contributed by atoms with Crippen LogP contribution in [-0.4, -0.2) is 28.6 Å². The Bertz CT molecular complexity index is 906. The standard InChI is InChI=1S/C16H14ClN3O2S/c1-19-8-9-20(15-5-3-2-4-14(15)19)23(21,22)16-7-6-12(11-18)10-13(16)17/h2-7,10H,8-9H2,1H3. The third kappa shape index (κ3) is 2.62. The van der Waals surface area contributed by atoms with Gasteiger partial charge in [-0.15, -0.1) is 0 Å². The Kier molecular flexibility index (Phi) is 3.92. The molecule has 118 valence electrons. The van der Waals surface area contributed by atoms with Crippen LogP contribution in [0.3, 0.4) is 0 Å². The van der Waals surface area contributed by atoms with Gasteiger partial charge in [0, 0.05) is 13.6 Å². The smallest absolute Gasteiger partial charge is 0.265 e. The molecule has 0 atom stereocenters. The van der Waals surface area contributed by atoms with Crippen molar-refractivity contribution in [1.82, 2.24) is 0 Å². The van der Waals surface area contributed by atoms with E-state index in [4.69, 9.17) is 16.9 Å². The number of likely N-dealkylation sites (N-methyl/N-ethyl adjacent to an activating group) is 1. The van der Waals surface area contributed by atoms with Gasteiger partial charge in [-0.25, -0.2) is 8.42 Å². The van der Waals surface area contributed by atoms with Crippen LogP contribution in [0.4, 0.5) is 11.4 Å². The van der Waals surface area contributed by atoms with Crippen LogP contribution in [0, 0.1) is 11.3 Å². The fourth-order valence-electron chi connectivity index (χ4n) is 2.63. The number of hydrogen-bond donors (Lipinski definition) is 0. The monoisotopic (exact) mass is 347 g/mol. The van der Waals surface area contributed by atoms with Gasteiger partial charge in [-0.3, -0.25) is 4.31 Å². The molecule has 7 heteroatoms. The lowest BCUT2D eigenvalue weighted by Gasteiger charge is -2.36. The van der Waals surface area contributed by atoms with Crippen LogP contribution in [0.1, 0.15) is 5.56 Å². The van der Waals surface area contributed by atoms with Crippen LogP contribution in [0.5, 0.6) is 0 Å². The van der Waals surface area contributed by atoms with E-state index in [0.29, 0.717) is 24.3 Å². The van der Waals surface area contributed by atoms with Crippen molar-refractivity contribution >= 4 is 33.0 Å². The number of nitriles is 1. The number of halogens is 1. The Morgan fingerprint density at radius 1 is 1.13 bits per heavy atom. The molecule has 5 nitrogen and oxygen atoms in total. The molecular formula is C16H14ClN3O2S. The summed E-state index contributed by atoms with van der Waals surface area (Å²) >= 11 is 6.10. The zero-order valence-electron chi connectivity index (χ0n) is 12.4. The Hall–Kier alpha value is -2.23. The lowest BCUT2D eigenvalue weighted by atomic mass is 10.2. The molecule has 0 radical (unpaired) electrons. The molecule has 0 aliphatic carbocycles. The van der Waals surface area contributed by atoms with Crippen LogP contribution < -0.4 is 9.21 Å². The topological polar surface area (TPSA) is 64.4 Å². The number of fused-ring (bicyclic) bond motifs is 1. The number of nitrogens with zero attached hydrogens (tertiary/aromatic N) is 3. The Morgan fingerprint density at radius 2 is 1.83 bits per heavy atom. The van der Waals surface area contributed by atoms with Crippen LogP contribution in [0.25, 0.3) is 0 Å². The molecule has 0 aromatic heterocycles.